The van der Waals surface area contributed by atoms with Gasteiger partial charge in [0.2, 0.25) is 15.9 Å². The van der Waals surface area contributed by atoms with E-state index in [1.807, 2.05) is 47.4 Å². The topological polar surface area (TPSA) is 57.7 Å². The minimum Gasteiger partial charge on any atom is -0.337 e. The van der Waals surface area contributed by atoms with Gasteiger partial charge in [0.25, 0.3) is 0 Å². The summed E-state index contributed by atoms with van der Waals surface area (Å²) < 4.78 is 26.8. The Morgan fingerprint density at radius 3 is 2.22 bits per heavy atom. The van der Waals surface area contributed by atoms with Crippen LogP contribution in [-0.2, 0) is 40.7 Å². The van der Waals surface area contributed by atoms with Crippen molar-refractivity contribution in [3.05, 3.63) is 70.8 Å². The predicted molar refractivity (Wildman–Crippen MR) is 105 cm³/mol. The van der Waals surface area contributed by atoms with Crippen molar-refractivity contribution >= 4 is 15.9 Å². The first-order valence-electron chi connectivity index (χ1n) is 9.41. The summed E-state index contributed by atoms with van der Waals surface area (Å²) >= 11 is 0. The number of fused-ring (bicyclic) bond motifs is 2. The zero-order valence-corrected chi connectivity index (χ0v) is 16.3. The van der Waals surface area contributed by atoms with Gasteiger partial charge in [-0.15, -0.1) is 0 Å². The molecule has 0 saturated carbocycles. The predicted octanol–water partition coefficient (Wildman–Crippen LogP) is 2.35. The molecule has 2 aliphatic heterocycles. The zero-order chi connectivity index (χ0) is 19.0. The second-order valence-electron chi connectivity index (χ2n) is 7.21. The molecule has 2 aliphatic rings. The van der Waals surface area contributed by atoms with Crippen molar-refractivity contribution in [2.75, 3.05) is 12.3 Å². The Balaban J connectivity index is 1.65. The van der Waals surface area contributed by atoms with E-state index in [2.05, 4.69) is 6.07 Å². The van der Waals surface area contributed by atoms with Crippen molar-refractivity contribution in [1.29, 1.82) is 0 Å². The Labute approximate surface area is 160 Å². The quantitative estimate of drug-likeness (QED) is 0.816. The Hall–Kier alpha value is -2.18. The minimum atomic E-state index is -3.47. The lowest BCUT2D eigenvalue weighted by Crippen LogP contribution is -2.54. The van der Waals surface area contributed by atoms with Gasteiger partial charge in [-0.25, -0.2) is 8.42 Å². The smallest absolute Gasteiger partial charge is 0.241 e. The van der Waals surface area contributed by atoms with Crippen LogP contribution in [0.15, 0.2) is 48.5 Å². The summed E-state index contributed by atoms with van der Waals surface area (Å²) in [7, 11) is -3.47. The third kappa shape index (κ3) is 3.39. The SMILES string of the molecule is CCS(=O)(=O)N1Cc2ccccc2CC1C(=O)N1CCc2ccccc2C1. The normalized spacial score (nSPS) is 20.0. The van der Waals surface area contributed by atoms with E-state index in [1.165, 1.54) is 9.87 Å². The van der Waals surface area contributed by atoms with Crippen LogP contribution in [-0.4, -0.2) is 41.9 Å². The largest absolute Gasteiger partial charge is 0.337 e. The fourth-order valence-corrected chi connectivity index (χ4v) is 5.28. The summed E-state index contributed by atoms with van der Waals surface area (Å²) in [5, 5.41) is 0. The number of hydrogen-bond acceptors (Lipinski definition) is 3. The van der Waals surface area contributed by atoms with Crippen LogP contribution in [0.1, 0.15) is 29.2 Å². The van der Waals surface area contributed by atoms with Crippen LogP contribution in [0.5, 0.6) is 0 Å². The third-order valence-electron chi connectivity index (χ3n) is 5.65. The summed E-state index contributed by atoms with van der Waals surface area (Å²) in [6.07, 6.45) is 1.25. The number of amides is 1. The van der Waals surface area contributed by atoms with Gasteiger partial charge in [-0.2, -0.15) is 4.31 Å². The van der Waals surface area contributed by atoms with Crippen molar-refractivity contribution in [1.82, 2.24) is 9.21 Å². The molecule has 142 valence electrons. The molecular formula is C21H24N2O3S. The Bertz CT molecular complexity index is 971. The third-order valence-corrected chi connectivity index (χ3v) is 7.48. The van der Waals surface area contributed by atoms with E-state index in [1.54, 1.807) is 6.92 Å². The molecule has 6 heteroatoms. The molecule has 0 spiro atoms. The van der Waals surface area contributed by atoms with E-state index in [0.717, 1.165) is 23.1 Å². The highest BCUT2D eigenvalue weighted by Crippen LogP contribution is 2.28. The van der Waals surface area contributed by atoms with E-state index in [-0.39, 0.29) is 18.2 Å². The molecule has 4 rings (SSSR count). The van der Waals surface area contributed by atoms with Gasteiger partial charge in [-0.1, -0.05) is 48.5 Å². The van der Waals surface area contributed by atoms with Crippen molar-refractivity contribution in [2.45, 2.75) is 38.9 Å². The number of sulfonamides is 1. The van der Waals surface area contributed by atoms with E-state index >= 15 is 0 Å². The van der Waals surface area contributed by atoms with Gasteiger partial charge < -0.3 is 4.90 Å². The fourth-order valence-electron chi connectivity index (χ4n) is 4.06. The number of benzene rings is 2. The van der Waals surface area contributed by atoms with Gasteiger partial charge in [0.15, 0.2) is 0 Å². The fraction of sp³-hybridized carbons (Fsp3) is 0.381. The first-order valence-corrected chi connectivity index (χ1v) is 11.0. The summed E-state index contributed by atoms with van der Waals surface area (Å²) in [6.45, 7) is 3.09. The maximum Gasteiger partial charge on any atom is 0.241 e. The highest BCUT2D eigenvalue weighted by Gasteiger charge is 2.40. The van der Waals surface area contributed by atoms with Gasteiger partial charge in [-0.05, 0) is 42.0 Å². The lowest BCUT2D eigenvalue weighted by Gasteiger charge is -2.39. The van der Waals surface area contributed by atoms with Crippen molar-refractivity contribution in [3.63, 3.8) is 0 Å². The molecule has 27 heavy (non-hydrogen) atoms. The van der Waals surface area contributed by atoms with Crippen molar-refractivity contribution in [2.24, 2.45) is 0 Å². The molecule has 0 saturated heterocycles. The Morgan fingerprint density at radius 2 is 1.56 bits per heavy atom. The van der Waals surface area contributed by atoms with Gasteiger partial charge in [0.05, 0.1) is 5.75 Å². The van der Waals surface area contributed by atoms with E-state index in [0.29, 0.717) is 19.5 Å². The first-order chi connectivity index (χ1) is 13.0. The van der Waals surface area contributed by atoms with Gasteiger partial charge in [0.1, 0.15) is 6.04 Å². The molecular weight excluding hydrogens is 360 g/mol. The average molecular weight is 385 g/mol. The standard InChI is InChI=1S/C21H24N2O3S/c1-2-27(25,26)23-15-19-10-6-4-8-17(19)13-20(23)21(24)22-12-11-16-7-3-5-9-18(16)14-22/h3-10,20H,2,11-15H2,1H3. The van der Waals surface area contributed by atoms with Crippen molar-refractivity contribution < 1.29 is 13.2 Å². The molecule has 2 heterocycles. The molecule has 1 unspecified atom stereocenters. The highest BCUT2D eigenvalue weighted by atomic mass is 32.2. The van der Waals surface area contributed by atoms with Crippen LogP contribution >= 0.6 is 0 Å². The van der Waals surface area contributed by atoms with E-state index < -0.39 is 16.1 Å². The Kier molecular flexibility index (Phi) is 4.78. The van der Waals surface area contributed by atoms with Gasteiger partial charge in [-0.3, -0.25) is 4.79 Å². The first kappa shape index (κ1) is 18.2. The second kappa shape index (κ2) is 7.09. The molecule has 2 aromatic carbocycles. The summed E-state index contributed by atoms with van der Waals surface area (Å²) in [6, 6.07) is 15.3. The van der Waals surface area contributed by atoms with Crippen molar-refractivity contribution in [3.8, 4) is 0 Å². The van der Waals surface area contributed by atoms with E-state index in [9.17, 15) is 13.2 Å². The molecule has 0 radical (unpaired) electrons. The van der Waals surface area contributed by atoms with Gasteiger partial charge >= 0.3 is 0 Å². The van der Waals surface area contributed by atoms with Crippen LogP contribution in [0.4, 0.5) is 0 Å². The monoisotopic (exact) mass is 384 g/mol. The summed E-state index contributed by atoms with van der Waals surface area (Å²) in [4.78, 5) is 15.2. The maximum absolute atomic E-state index is 13.4. The van der Waals surface area contributed by atoms with Crippen LogP contribution in [0.25, 0.3) is 0 Å². The Morgan fingerprint density at radius 1 is 0.963 bits per heavy atom. The van der Waals surface area contributed by atoms with E-state index in [4.69, 9.17) is 0 Å². The lowest BCUT2D eigenvalue weighted by atomic mass is 9.94. The molecule has 1 atom stereocenters. The number of carbonyl (C=O) groups is 1. The molecule has 0 aliphatic carbocycles. The molecule has 0 bridgehead atoms. The average Bonchev–Trinajstić information content (AvgIpc) is 2.71. The number of hydrogen-bond donors (Lipinski definition) is 0. The molecule has 2 aromatic rings. The molecule has 1 amide bonds. The van der Waals surface area contributed by atoms with Gasteiger partial charge in [0, 0.05) is 19.6 Å². The zero-order valence-electron chi connectivity index (χ0n) is 15.5. The van der Waals surface area contributed by atoms with Crippen LogP contribution in [0.3, 0.4) is 0 Å². The highest BCUT2D eigenvalue weighted by molar-refractivity contribution is 7.89. The number of nitrogens with zero attached hydrogens (tertiary/aromatic N) is 2. The van der Waals surface area contributed by atoms with Crippen LogP contribution < -0.4 is 0 Å². The lowest BCUT2D eigenvalue weighted by molar-refractivity contribution is -0.136. The molecule has 0 aromatic heterocycles. The molecule has 0 fully saturated rings. The van der Waals surface area contributed by atoms with Crippen LogP contribution in [0, 0.1) is 0 Å². The maximum atomic E-state index is 13.4. The van der Waals surface area contributed by atoms with Crippen LogP contribution in [0.2, 0.25) is 0 Å². The summed E-state index contributed by atoms with van der Waals surface area (Å²) in [5.41, 5.74) is 4.48. The summed E-state index contributed by atoms with van der Waals surface area (Å²) in [5.74, 6) is -0.0852. The number of carbonyl (C=O) groups excluding carboxylic acids is 1. The second-order valence-corrected chi connectivity index (χ2v) is 9.42. The minimum absolute atomic E-state index is 0.00177. The molecule has 0 N–H and O–H groups in total. The molecule has 5 nitrogen and oxygen atoms in total. The number of rotatable bonds is 3.